The second kappa shape index (κ2) is 12.2. The molecule has 0 bridgehead atoms. The summed E-state index contributed by atoms with van der Waals surface area (Å²) in [6, 6.07) is 6.20. The lowest BCUT2D eigenvalue weighted by atomic mass is 9.70. The van der Waals surface area contributed by atoms with Crippen LogP contribution in [-0.4, -0.2) is 75.8 Å². The predicted octanol–water partition coefficient (Wildman–Crippen LogP) is 4.71. The molecule has 1 unspecified atom stereocenters. The highest BCUT2D eigenvalue weighted by atomic mass is 32.1. The van der Waals surface area contributed by atoms with Crippen LogP contribution in [0.15, 0.2) is 29.3 Å². The summed E-state index contributed by atoms with van der Waals surface area (Å²) in [7, 11) is 2.12. The van der Waals surface area contributed by atoms with Gasteiger partial charge in [-0.3, -0.25) is 9.69 Å². The number of carbonyl (C=O) groups is 1. The molecule has 12 heteroatoms. The third-order valence-electron chi connectivity index (χ3n) is 9.37. The van der Waals surface area contributed by atoms with Crippen molar-refractivity contribution in [2.45, 2.75) is 82.5 Å². The molecule has 2 aliphatic heterocycles. The largest absolute Gasteiger partial charge is 0.474 e. The standard InChI is InChI=1S/C32H39N7O4S/c1-5-28(40)39-14-10-20(11-15-39)42-27-17-26(41-19(2)22-8-7-13-38(22)4)35-31(36-27)23-16-25(37-43-23)32(3)12-6-9-24-29(32)21(18-33)30(34)44-24/h5,16-17,19-20,22H,1,6-15,34H2,2-4H3/t19-,22?,32+/m0/s1. The number of aromatic nitrogens is 3. The monoisotopic (exact) mass is 617 g/mol. The first-order valence-corrected chi connectivity index (χ1v) is 16.1. The van der Waals surface area contributed by atoms with Crippen LogP contribution in [0, 0.1) is 11.3 Å². The van der Waals surface area contributed by atoms with Crippen molar-refractivity contribution in [2.24, 2.45) is 0 Å². The van der Waals surface area contributed by atoms with Gasteiger partial charge in [-0.1, -0.05) is 11.7 Å². The number of likely N-dealkylation sites (tertiary alicyclic amines) is 2. The Morgan fingerprint density at radius 3 is 2.73 bits per heavy atom. The first-order chi connectivity index (χ1) is 21.2. The number of nitrogens with zero attached hydrogens (tertiary/aromatic N) is 6. The summed E-state index contributed by atoms with van der Waals surface area (Å²) in [5.41, 5.74) is 7.90. The lowest BCUT2D eigenvalue weighted by Crippen LogP contribution is -2.41. The number of amides is 1. The van der Waals surface area contributed by atoms with Gasteiger partial charge in [-0.25, -0.2) is 0 Å². The number of hydrogen-bond acceptors (Lipinski definition) is 11. The Morgan fingerprint density at radius 2 is 2.02 bits per heavy atom. The Balaban J connectivity index is 1.30. The number of nitrogen functional groups attached to an aromatic ring is 1. The predicted molar refractivity (Wildman–Crippen MR) is 167 cm³/mol. The topological polar surface area (TPSA) is 144 Å². The first kappa shape index (κ1) is 30.1. The Bertz CT molecular complexity index is 1590. The summed E-state index contributed by atoms with van der Waals surface area (Å²) in [6.45, 7) is 9.97. The second-order valence-electron chi connectivity index (χ2n) is 12.2. The van der Waals surface area contributed by atoms with Crippen molar-refractivity contribution in [3.05, 3.63) is 46.5 Å². The van der Waals surface area contributed by atoms with Gasteiger partial charge in [0.1, 0.15) is 23.3 Å². The maximum Gasteiger partial charge on any atom is 0.245 e. The molecule has 3 aliphatic rings. The molecular weight excluding hydrogens is 578 g/mol. The highest BCUT2D eigenvalue weighted by Crippen LogP contribution is 2.49. The molecule has 44 heavy (non-hydrogen) atoms. The highest BCUT2D eigenvalue weighted by molar-refractivity contribution is 7.16. The number of piperidine rings is 1. The summed E-state index contributed by atoms with van der Waals surface area (Å²) < 4.78 is 18.6. The van der Waals surface area contributed by atoms with E-state index in [0.29, 0.717) is 65.5 Å². The summed E-state index contributed by atoms with van der Waals surface area (Å²) in [5.74, 6) is 1.42. The van der Waals surface area contributed by atoms with Gasteiger partial charge < -0.3 is 24.6 Å². The number of aryl methyl sites for hydroxylation is 1. The molecule has 2 N–H and O–H groups in total. The van der Waals surface area contributed by atoms with E-state index in [1.54, 1.807) is 11.0 Å². The molecule has 0 spiro atoms. The Hall–Kier alpha value is -3.95. The van der Waals surface area contributed by atoms with Crippen LogP contribution in [0.1, 0.15) is 74.1 Å². The van der Waals surface area contributed by atoms with Crippen molar-refractivity contribution in [1.82, 2.24) is 24.9 Å². The van der Waals surface area contributed by atoms with Crippen LogP contribution >= 0.6 is 11.3 Å². The van der Waals surface area contributed by atoms with Crippen molar-refractivity contribution in [1.29, 1.82) is 5.26 Å². The number of nitrogens with two attached hydrogens (primary N) is 1. The van der Waals surface area contributed by atoms with Gasteiger partial charge in [0.05, 0.1) is 17.3 Å². The van der Waals surface area contributed by atoms with Crippen LogP contribution < -0.4 is 15.2 Å². The molecule has 3 atom stereocenters. The molecule has 2 fully saturated rings. The summed E-state index contributed by atoms with van der Waals surface area (Å²) >= 11 is 1.49. The van der Waals surface area contributed by atoms with Crippen molar-refractivity contribution in [2.75, 3.05) is 32.4 Å². The fourth-order valence-corrected chi connectivity index (χ4v) is 8.11. The molecule has 0 radical (unpaired) electrons. The van der Waals surface area contributed by atoms with E-state index in [4.69, 9.17) is 29.7 Å². The smallest absolute Gasteiger partial charge is 0.245 e. The Labute approximate surface area is 261 Å². The van der Waals surface area contributed by atoms with Gasteiger partial charge in [0.2, 0.25) is 29.3 Å². The van der Waals surface area contributed by atoms with Gasteiger partial charge in [-0.15, -0.1) is 11.3 Å². The molecular formula is C32H39N7O4S. The molecule has 11 nitrogen and oxygen atoms in total. The minimum atomic E-state index is -0.527. The maximum absolute atomic E-state index is 12.0. The minimum Gasteiger partial charge on any atom is -0.474 e. The fraction of sp³-hybridized carbons (Fsp3) is 0.531. The van der Waals surface area contributed by atoms with Crippen LogP contribution in [0.2, 0.25) is 0 Å². The molecule has 3 aromatic heterocycles. The van der Waals surface area contributed by atoms with E-state index in [9.17, 15) is 10.1 Å². The average molecular weight is 618 g/mol. The summed E-state index contributed by atoms with van der Waals surface area (Å²) in [5, 5.41) is 14.9. The maximum atomic E-state index is 12.0. The number of anilines is 1. The van der Waals surface area contributed by atoms with Gasteiger partial charge in [-0.05, 0) is 71.2 Å². The van der Waals surface area contributed by atoms with Crippen LogP contribution in [-0.2, 0) is 16.6 Å². The zero-order chi connectivity index (χ0) is 31.0. The molecule has 0 aromatic carbocycles. The second-order valence-corrected chi connectivity index (χ2v) is 13.4. The SMILES string of the molecule is C=CC(=O)N1CCC(Oc2cc(O[C@@H](C)C3CCCN3C)nc(-c3cc([C@@]4(C)CCCc5sc(N)c(C#N)c54)no3)n2)CC1. The fourth-order valence-electron chi connectivity index (χ4n) is 6.92. The van der Waals surface area contributed by atoms with Crippen LogP contribution in [0.25, 0.3) is 11.6 Å². The Morgan fingerprint density at radius 1 is 1.25 bits per heavy atom. The van der Waals surface area contributed by atoms with Crippen molar-refractivity contribution in [3.8, 4) is 29.4 Å². The zero-order valence-corrected chi connectivity index (χ0v) is 26.4. The first-order valence-electron chi connectivity index (χ1n) is 15.3. The quantitative estimate of drug-likeness (QED) is 0.353. The van der Waals surface area contributed by atoms with E-state index in [1.165, 1.54) is 17.4 Å². The summed E-state index contributed by atoms with van der Waals surface area (Å²) in [6.07, 6.45) is 7.35. The number of thiophene rings is 1. The van der Waals surface area contributed by atoms with Gasteiger partial charge in [0.15, 0.2) is 0 Å². The van der Waals surface area contributed by atoms with E-state index in [1.807, 2.05) is 6.07 Å². The van der Waals surface area contributed by atoms with Crippen molar-refractivity contribution >= 4 is 22.2 Å². The van der Waals surface area contributed by atoms with E-state index in [2.05, 4.69) is 43.6 Å². The normalized spacial score (nSPS) is 23.1. The molecule has 0 saturated carbocycles. The number of rotatable bonds is 8. The number of likely N-dealkylation sites (N-methyl/N-ethyl adjacent to an activating group) is 1. The lowest BCUT2D eigenvalue weighted by Gasteiger charge is -2.32. The van der Waals surface area contributed by atoms with Crippen LogP contribution in [0.3, 0.4) is 0 Å². The van der Waals surface area contributed by atoms with Gasteiger partial charge in [-0.2, -0.15) is 15.2 Å². The van der Waals surface area contributed by atoms with Crippen molar-refractivity contribution < 1.29 is 18.8 Å². The average Bonchev–Trinajstić information content (AvgIpc) is 3.76. The molecule has 232 valence electrons. The van der Waals surface area contributed by atoms with E-state index in [0.717, 1.165) is 49.1 Å². The van der Waals surface area contributed by atoms with Gasteiger partial charge in [0, 0.05) is 48.3 Å². The van der Waals surface area contributed by atoms with E-state index >= 15 is 0 Å². The molecule has 6 rings (SSSR count). The number of nitriles is 1. The Kier molecular flexibility index (Phi) is 8.35. The number of fused-ring (bicyclic) bond motifs is 1. The molecule has 5 heterocycles. The lowest BCUT2D eigenvalue weighted by molar-refractivity contribution is -0.127. The van der Waals surface area contributed by atoms with E-state index < -0.39 is 5.41 Å². The van der Waals surface area contributed by atoms with Crippen LogP contribution in [0.5, 0.6) is 11.8 Å². The third kappa shape index (κ3) is 5.66. The third-order valence-corrected chi connectivity index (χ3v) is 10.4. The van der Waals surface area contributed by atoms with Gasteiger partial charge in [0.25, 0.3) is 0 Å². The number of hydrogen-bond donors (Lipinski definition) is 1. The van der Waals surface area contributed by atoms with Crippen molar-refractivity contribution in [3.63, 3.8) is 0 Å². The molecule has 1 amide bonds. The molecule has 3 aromatic rings. The van der Waals surface area contributed by atoms with E-state index in [-0.39, 0.29) is 24.2 Å². The summed E-state index contributed by atoms with van der Waals surface area (Å²) in [4.78, 5) is 26.7. The van der Waals surface area contributed by atoms with Crippen LogP contribution in [0.4, 0.5) is 5.00 Å². The molecule has 1 aliphatic carbocycles. The van der Waals surface area contributed by atoms with Gasteiger partial charge >= 0.3 is 0 Å². The highest BCUT2D eigenvalue weighted by Gasteiger charge is 2.41. The minimum absolute atomic E-state index is 0.0683. The number of carbonyl (C=O) groups excluding carboxylic acids is 1. The number of ether oxygens (including phenoxy) is 2. The zero-order valence-electron chi connectivity index (χ0n) is 25.5. The molecule has 2 saturated heterocycles.